The van der Waals surface area contributed by atoms with Crippen molar-refractivity contribution in [3.05, 3.63) is 0 Å². The average Bonchev–Trinajstić information content (AvgIpc) is 1.85. The topological polar surface area (TPSA) is 20.2 Å². The van der Waals surface area contributed by atoms with Gasteiger partial charge in [-0.3, -0.25) is 0 Å². The van der Waals surface area contributed by atoms with Crippen LogP contribution in [0.25, 0.3) is 0 Å². The second-order valence-corrected chi connectivity index (χ2v) is 4.74. The number of nitrogens with zero attached hydrogens (tertiary/aromatic N) is 1. The van der Waals surface area contributed by atoms with Gasteiger partial charge in [0.25, 0.3) is 0 Å². The molecule has 74 valence electrons. The molecule has 2 heteroatoms. The van der Waals surface area contributed by atoms with Crippen molar-refractivity contribution in [2.24, 2.45) is 0 Å². The summed E-state index contributed by atoms with van der Waals surface area (Å²) in [6, 6.07) is 0. The lowest BCUT2D eigenvalue weighted by Gasteiger charge is -2.38. The summed E-state index contributed by atoms with van der Waals surface area (Å²) < 4.78 is 0.132. The van der Waals surface area contributed by atoms with E-state index >= 15 is 0 Å². The zero-order chi connectivity index (χ0) is 9.83. The summed E-state index contributed by atoms with van der Waals surface area (Å²) in [6.07, 6.45) is 3.54. The first kappa shape index (κ1) is 11.9. The van der Waals surface area contributed by atoms with Crippen LogP contribution in [0.2, 0.25) is 0 Å². The summed E-state index contributed by atoms with van der Waals surface area (Å²) in [5.41, 5.74) is -0.0618. The van der Waals surface area contributed by atoms with Gasteiger partial charge in [-0.25, -0.2) is 5.21 Å². The van der Waals surface area contributed by atoms with Crippen LogP contribution in [0.5, 0.6) is 0 Å². The van der Waals surface area contributed by atoms with E-state index in [0.717, 1.165) is 13.0 Å². The fourth-order valence-corrected chi connectivity index (χ4v) is 1.01. The maximum atomic E-state index is 10.0. The monoisotopic (exact) mass is 174 g/mol. The Labute approximate surface area is 76.7 Å². The van der Waals surface area contributed by atoms with Crippen molar-refractivity contribution < 1.29 is 9.85 Å². The fraction of sp³-hybridized carbons (Fsp3) is 1.00. The van der Waals surface area contributed by atoms with Crippen LogP contribution in [0, 0.1) is 0 Å². The molecule has 0 saturated heterocycles. The Bertz CT molecular complexity index is 124. The highest BCUT2D eigenvalue weighted by Gasteiger charge is 2.34. The van der Waals surface area contributed by atoms with Crippen molar-refractivity contribution in [3.63, 3.8) is 0 Å². The van der Waals surface area contributed by atoms with Crippen molar-refractivity contribution in [2.75, 3.05) is 13.6 Å². The predicted octanol–water partition coefficient (Wildman–Crippen LogP) is 2.81. The number of hydrogen-bond donors (Lipinski definition) is 1. The van der Waals surface area contributed by atoms with E-state index < -0.39 is 0 Å². The quantitative estimate of drug-likeness (QED) is 0.395. The Morgan fingerprint density at radius 2 is 1.67 bits per heavy atom. The van der Waals surface area contributed by atoms with Crippen LogP contribution in [0.3, 0.4) is 0 Å². The Morgan fingerprint density at radius 1 is 1.17 bits per heavy atom. The fourth-order valence-electron chi connectivity index (χ4n) is 1.01. The van der Waals surface area contributed by atoms with Gasteiger partial charge >= 0.3 is 0 Å². The van der Waals surface area contributed by atoms with Crippen LogP contribution < -0.4 is 0 Å². The lowest BCUT2D eigenvalue weighted by Crippen LogP contribution is -2.55. The van der Waals surface area contributed by atoms with Crippen molar-refractivity contribution >= 4 is 0 Å². The van der Waals surface area contributed by atoms with E-state index in [1.54, 1.807) is 0 Å². The van der Waals surface area contributed by atoms with Gasteiger partial charge in [-0.15, -0.1) is 0 Å². The standard InChI is InChI=1S/C10H24NO/c1-6-7-8-9-11(5,12)10(2,3)4/h12H,6-9H2,1-5H3/q+1. The minimum atomic E-state index is -0.0618. The second-order valence-electron chi connectivity index (χ2n) is 4.74. The molecule has 0 bridgehead atoms. The highest BCUT2D eigenvalue weighted by molar-refractivity contribution is 4.58. The van der Waals surface area contributed by atoms with Gasteiger partial charge in [0.15, 0.2) is 0 Å². The number of hydrogen-bond acceptors (Lipinski definition) is 1. The summed E-state index contributed by atoms with van der Waals surface area (Å²) in [6.45, 7) is 9.24. The third-order valence-corrected chi connectivity index (χ3v) is 2.64. The molecule has 0 fully saturated rings. The van der Waals surface area contributed by atoms with Crippen LogP contribution in [-0.4, -0.2) is 29.0 Å². The number of hydroxylamine groups is 3. The Morgan fingerprint density at radius 3 is 2.00 bits per heavy atom. The molecule has 0 aliphatic rings. The van der Waals surface area contributed by atoms with Gasteiger partial charge in [-0.2, -0.15) is 4.65 Å². The molecule has 2 nitrogen and oxygen atoms in total. The molecule has 1 N–H and O–H groups in total. The highest BCUT2D eigenvalue weighted by atomic mass is 16.5. The van der Waals surface area contributed by atoms with Gasteiger partial charge in [0.1, 0.15) is 12.1 Å². The molecule has 0 aliphatic heterocycles. The summed E-state index contributed by atoms with van der Waals surface area (Å²) in [5, 5.41) is 10.0. The molecule has 0 aromatic carbocycles. The van der Waals surface area contributed by atoms with E-state index in [-0.39, 0.29) is 10.2 Å². The summed E-state index contributed by atoms with van der Waals surface area (Å²) in [7, 11) is 1.88. The molecule has 0 amide bonds. The first-order chi connectivity index (χ1) is 5.31. The van der Waals surface area contributed by atoms with E-state index in [9.17, 15) is 5.21 Å². The SMILES string of the molecule is CCCCC[N+](C)(O)C(C)(C)C. The van der Waals surface area contributed by atoms with Crippen molar-refractivity contribution in [2.45, 2.75) is 52.5 Å². The molecule has 1 atom stereocenters. The van der Waals surface area contributed by atoms with Gasteiger partial charge < -0.3 is 0 Å². The van der Waals surface area contributed by atoms with Gasteiger partial charge in [-0.1, -0.05) is 13.3 Å². The average molecular weight is 174 g/mol. The first-order valence-electron chi connectivity index (χ1n) is 4.89. The van der Waals surface area contributed by atoms with Gasteiger partial charge in [-0.05, 0) is 33.6 Å². The number of rotatable bonds is 4. The molecule has 12 heavy (non-hydrogen) atoms. The van der Waals surface area contributed by atoms with E-state index in [2.05, 4.69) is 27.7 Å². The van der Waals surface area contributed by atoms with Gasteiger partial charge in [0.05, 0.1) is 7.05 Å². The predicted molar refractivity (Wildman–Crippen MR) is 52.1 cm³/mol. The molecule has 0 rings (SSSR count). The van der Waals surface area contributed by atoms with Crippen LogP contribution >= 0.6 is 0 Å². The van der Waals surface area contributed by atoms with Crippen molar-refractivity contribution in [1.29, 1.82) is 0 Å². The minimum absolute atomic E-state index is 0.0618. The Kier molecular flexibility index (Phi) is 4.21. The minimum Gasteiger partial charge on any atom is -0.217 e. The molecule has 0 saturated carbocycles. The highest BCUT2D eigenvalue weighted by Crippen LogP contribution is 2.19. The molecule has 1 unspecified atom stereocenters. The summed E-state index contributed by atoms with van der Waals surface area (Å²) in [4.78, 5) is 0. The van der Waals surface area contributed by atoms with E-state index in [1.807, 2.05) is 7.05 Å². The molecule has 0 spiro atoms. The number of quaternary nitrogens is 1. The van der Waals surface area contributed by atoms with Crippen LogP contribution in [0.1, 0.15) is 47.0 Å². The molecule has 0 aromatic heterocycles. The second kappa shape index (κ2) is 4.24. The van der Waals surface area contributed by atoms with Gasteiger partial charge in [0.2, 0.25) is 0 Å². The molecular weight excluding hydrogens is 150 g/mol. The summed E-state index contributed by atoms with van der Waals surface area (Å²) in [5.74, 6) is 0. The largest absolute Gasteiger partial charge is 0.217 e. The zero-order valence-corrected chi connectivity index (χ0v) is 9.22. The number of unbranched alkanes of at least 4 members (excludes halogenated alkanes) is 2. The van der Waals surface area contributed by atoms with Gasteiger partial charge in [0, 0.05) is 0 Å². The Hall–Kier alpha value is -0.0800. The lowest BCUT2D eigenvalue weighted by atomic mass is 10.1. The normalized spacial score (nSPS) is 17.5. The van der Waals surface area contributed by atoms with E-state index in [0.29, 0.717) is 0 Å². The molecule has 0 aromatic rings. The van der Waals surface area contributed by atoms with E-state index in [1.165, 1.54) is 12.8 Å². The molecule has 0 radical (unpaired) electrons. The molecule has 0 aliphatic carbocycles. The maximum absolute atomic E-state index is 10.0. The van der Waals surface area contributed by atoms with Crippen molar-refractivity contribution in [1.82, 2.24) is 0 Å². The zero-order valence-electron chi connectivity index (χ0n) is 9.22. The van der Waals surface area contributed by atoms with E-state index in [4.69, 9.17) is 0 Å². The maximum Gasteiger partial charge on any atom is 0.120 e. The lowest BCUT2D eigenvalue weighted by molar-refractivity contribution is -1.12. The van der Waals surface area contributed by atoms with Crippen LogP contribution in [0.15, 0.2) is 0 Å². The third-order valence-electron chi connectivity index (χ3n) is 2.64. The summed E-state index contributed by atoms with van der Waals surface area (Å²) >= 11 is 0. The molecule has 0 heterocycles. The third kappa shape index (κ3) is 3.55. The first-order valence-corrected chi connectivity index (χ1v) is 4.89. The van der Waals surface area contributed by atoms with Crippen LogP contribution in [-0.2, 0) is 0 Å². The smallest absolute Gasteiger partial charge is 0.120 e. The molecular formula is C10H24NO+. The Balaban J connectivity index is 3.88. The van der Waals surface area contributed by atoms with Crippen LogP contribution in [0.4, 0.5) is 0 Å². The van der Waals surface area contributed by atoms with Crippen molar-refractivity contribution in [3.8, 4) is 0 Å².